The number of hydrogen-bond donors (Lipinski definition) is 2. The number of halogens is 1. The Labute approximate surface area is 127 Å². The predicted molar refractivity (Wildman–Crippen MR) is 84.1 cm³/mol. The summed E-state index contributed by atoms with van der Waals surface area (Å²) in [6.07, 6.45) is 3.28. The van der Waals surface area contributed by atoms with E-state index in [9.17, 15) is 4.79 Å². The van der Waals surface area contributed by atoms with Crippen molar-refractivity contribution in [2.24, 2.45) is 5.73 Å². The van der Waals surface area contributed by atoms with Gasteiger partial charge < -0.3 is 15.8 Å². The van der Waals surface area contributed by atoms with Crippen molar-refractivity contribution in [1.82, 2.24) is 5.32 Å². The molecule has 0 atom stereocenters. The lowest BCUT2D eigenvalue weighted by Crippen LogP contribution is -2.26. The Balaban J connectivity index is 0.00000361. The average molecular weight is 301 g/mol. The number of benzene rings is 1. The van der Waals surface area contributed by atoms with Crippen LogP contribution in [-0.4, -0.2) is 32.2 Å². The van der Waals surface area contributed by atoms with Crippen LogP contribution in [0.3, 0.4) is 0 Å². The normalized spacial score (nSPS) is 9.85. The standard InChI is InChI=1S/C15H24N2O2.ClH/c16-10-8-15(18)17-11-4-5-12-19-13-9-14-6-2-1-3-7-14;/h1-3,6-7H,4-5,8-13,16H2,(H,17,18);1H. The van der Waals surface area contributed by atoms with E-state index in [-0.39, 0.29) is 18.3 Å². The van der Waals surface area contributed by atoms with Crippen LogP contribution in [0.15, 0.2) is 30.3 Å². The molecule has 0 aromatic heterocycles. The highest BCUT2D eigenvalue weighted by molar-refractivity contribution is 5.85. The van der Waals surface area contributed by atoms with E-state index < -0.39 is 0 Å². The average Bonchev–Trinajstić information content (AvgIpc) is 2.43. The van der Waals surface area contributed by atoms with Crippen molar-refractivity contribution in [2.45, 2.75) is 25.7 Å². The number of carbonyl (C=O) groups excluding carboxylic acids is 1. The molecule has 0 bridgehead atoms. The van der Waals surface area contributed by atoms with Gasteiger partial charge in [-0.15, -0.1) is 12.4 Å². The molecule has 0 fully saturated rings. The van der Waals surface area contributed by atoms with Crippen LogP contribution in [0.4, 0.5) is 0 Å². The third-order valence-corrected chi connectivity index (χ3v) is 2.79. The first-order valence-corrected chi connectivity index (χ1v) is 6.91. The molecular formula is C15H25ClN2O2. The van der Waals surface area contributed by atoms with Crippen LogP contribution in [0.1, 0.15) is 24.8 Å². The number of ether oxygens (including phenoxy) is 1. The van der Waals surface area contributed by atoms with E-state index >= 15 is 0 Å². The molecule has 3 N–H and O–H groups in total. The summed E-state index contributed by atoms with van der Waals surface area (Å²) in [5.41, 5.74) is 6.58. The molecule has 0 aliphatic carbocycles. The molecule has 1 amide bonds. The lowest BCUT2D eigenvalue weighted by molar-refractivity contribution is -0.120. The molecular weight excluding hydrogens is 276 g/mol. The molecule has 4 nitrogen and oxygen atoms in total. The van der Waals surface area contributed by atoms with Gasteiger partial charge in [0.1, 0.15) is 0 Å². The maximum Gasteiger partial charge on any atom is 0.221 e. The second-order valence-corrected chi connectivity index (χ2v) is 4.44. The molecule has 0 saturated carbocycles. The minimum Gasteiger partial charge on any atom is -0.381 e. The predicted octanol–water partition coefficient (Wildman–Crippen LogP) is 1.91. The van der Waals surface area contributed by atoms with Crippen molar-refractivity contribution in [3.05, 3.63) is 35.9 Å². The molecule has 20 heavy (non-hydrogen) atoms. The summed E-state index contributed by atoms with van der Waals surface area (Å²) in [6, 6.07) is 10.3. The summed E-state index contributed by atoms with van der Waals surface area (Å²) in [4.78, 5) is 11.1. The van der Waals surface area contributed by atoms with Gasteiger partial charge in [-0.3, -0.25) is 4.79 Å². The highest BCUT2D eigenvalue weighted by atomic mass is 35.5. The molecule has 1 aromatic carbocycles. The van der Waals surface area contributed by atoms with E-state index in [2.05, 4.69) is 17.4 Å². The lowest BCUT2D eigenvalue weighted by atomic mass is 10.2. The molecule has 0 spiro atoms. The zero-order valence-corrected chi connectivity index (χ0v) is 12.7. The Morgan fingerprint density at radius 3 is 2.60 bits per heavy atom. The van der Waals surface area contributed by atoms with Gasteiger partial charge >= 0.3 is 0 Å². The van der Waals surface area contributed by atoms with Gasteiger partial charge in [-0.25, -0.2) is 0 Å². The van der Waals surface area contributed by atoms with Gasteiger partial charge in [0.05, 0.1) is 6.61 Å². The van der Waals surface area contributed by atoms with Crippen molar-refractivity contribution in [1.29, 1.82) is 0 Å². The molecule has 0 heterocycles. The zero-order chi connectivity index (χ0) is 13.8. The van der Waals surface area contributed by atoms with Gasteiger partial charge in [0.15, 0.2) is 0 Å². The smallest absolute Gasteiger partial charge is 0.221 e. The van der Waals surface area contributed by atoms with E-state index in [0.717, 1.165) is 32.5 Å². The Bertz CT molecular complexity index is 347. The van der Waals surface area contributed by atoms with Crippen LogP contribution in [0, 0.1) is 0 Å². The summed E-state index contributed by atoms with van der Waals surface area (Å²) in [5, 5.41) is 2.83. The van der Waals surface area contributed by atoms with Crippen molar-refractivity contribution in [3.8, 4) is 0 Å². The van der Waals surface area contributed by atoms with E-state index in [1.807, 2.05) is 18.2 Å². The number of amides is 1. The van der Waals surface area contributed by atoms with Crippen molar-refractivity contribution in [2.75, 3.05) is 26.3 Å². The Hall–Kier alpha value is -1.10. The van der Waals surface area contributed by atoms with Gasteiger partial charge in [0.25, 0.3) is 0 Å². The summed E-state index contributed by atoms with van der Waals surface area (Å²) in [7, 11) is 0. The SMILES string of the molecule is Cl.NCCC(=O)NCCCCOCCc1ccccc1. The monoisotopic (exact) mass is 300 g/mol. The highest BCUT2D eigenvalue weighted by Gasteiger charge is 1.97. The van der Waals surface area contributed by atoms with Gasteiger partial charge in [-0.2, -0.15) is 0 Å². The first kappa shape index (κ1) is 18.9. The maximum atomic E-state index is 11.1. The van der Waals surface area contributed by atoms with Crippen LogP contribution in [0.5, 0.6) is 0 Å². The van der Waals surface area contributed by atoms with Crippen LogP contribution in [0.2, 0.25) is 0 Å². The van der Waals surface area contributed by atoms with Crippen LogP contribution < -0.4 is 11.1 Å². The molecule has 1 rings (SSSR count). The number of rotatable bonds is 10. The molecule has 114 valence electrons. The van der Waals surface area contributed by atoms with Crippen molar-refractivity contribution >= 4 is 18.3 Å². The Kier molecular flexibility index (Phi) is 12.2. The summed E-state index contributed by atoms with van der Waals surface area (Å²) in [5.74, 6) is 0.0347. The van der Waals surface area contributed by atoms with Crippen LogP contribution in [-0.2, 0) is 16.0 Å². The van der Waals surface area contributed by atoms with E-state index in [4.69, 9.17) is 10.5 Å². The minimum absolute atomic E-state index is 0. The topological polar surface area (TPSA) is 64.4 Å². The van der Waals surface area contributed by atoms with Gasteiger partial charge in [-0.1, -0.05) is 30.3 Å². The van der Waals surface area contributed by atoms with Gasteiger partial charge in [0, 0.05) is 26.1 Å². The first-order valence-electron chi connectivity index (χ1n) is 6.91. The number of nitrogens with two attached hydrogens (primary N) is 1. The zero-order valence-electron chi connectivity index (χ0n) is 11.8. The third-order valence-electron chi connectivity index (χ3n) is 2.79. The minimum atomic E-state index is 0. The largest absolute Gasteiger partial charge is 0.381 e. The fraction of sp³-hybridized carbons (Fsp3) is 0.533. The quantitative estimate of drug-likeness (QED) is 0.649. The highest BCUT2D eigenvalue weighted by Crippen LogP contribution is 2.00. The summed E-state index contributed by atoms with van der Waals surface area (Å²) in [6.45, 7) is 2.62. The Morgan fingerprint density at radius 1 is 1.15 bits per heavy atom. The second kappa shape index (κ2) is 12.9. The number of unbranched alkanes of at least 4 members (excludes halogenated alkanes) is 1. The van der Waals surface area contributed by atoms with Gasteiger partial charge in [-0.05, 0) is 24.8 Å². The molecule has 0 aliphatic rings. The first-order chi connectivity index (χ1) is 9.33. The van der Waals surface area contributed by atoms with E-state index in [1.54, 1.807) is 0 Å². The van der Waals surface area contributed by atoms with Crippen molar-refractivity contribution in [3.63, 3.8) is 0 Å². The molecule has 1 aromatic rings. The van der Waals surface area contributed by atoms with Crippen molar-refractivity contribution < 1.29 is 9.53 Å². The molecule has 0 saturated heterocycles. The van der Waals surface area contributed by atoms with Crippen LogP contribution >= 0.6 is 12.4 Å². The van der Waals surface area contributed by atoms with Crippen LogP contribution in [0.25, 0.3) is 0 Å². The summed E-state index contributed by atoms with van der Waals surface area (Å²) >= 11 is 0. The molecule has 0 radical (unpaired) electrons. The van der Waals surface area contributed by atoms with E-state index in [0.29, 0.717) is 19.5 Å². The van der Waals surface area contributed by atoms with E-state index in [1.165, 1.54) is 5.56 Å². The maximum absolute atomic E-state index is 11.1. The fourth-order valence-corrected chi connectivity index (χ4v) is 1.71. The number of hydrogen-bond acceptors (Lipinski definition) is 3. The molecule has 0 aliphatic heterocycles. The number of nitrogens with one attached hydrogen (secondary N) is 1. The second-order valence-electron chi connectivity index (χ2n) is 4.44. The third kappa shape index (κ3) is 9.78. The Morgan fingerprint density at radius 2 is 1.90 bits per heavy atom. The molecule has 5 heteroatoms. The fourth-order valence-electron chi connectivity index (χ4n) is 1.71. The number of carbonyl (C=O) groups is 1. The summed E-state index contributed by atoms with van der Waals surface area (Å²) < 4.78 is 5.56. The molecule has 0 unspecified atom stereocenters. The lowest BCUT2D eigenvalue weighted by Gasteiger charge is -2.06. The van der Waals surface area contributed by atoms with Gasteiger partial charge in [0.2, 0.25) is 5.91 Å².